The number of aliphatic hydroxyl groups excluding tert-OH is 2. The lowest BCUT2D eigenvalue weighted by Gasteiger charge is -2.42. The van der Waals surface area contributed by atoms with Crippen molar-refractivity contribution in [2.75, 3.05) is 27.9 Å². The first-order chi connectivity index (χ1) is 14.5. The van der Waals surface area contributed by atoms with Crippen molar-refractivity contribution in [3.05, 3.63) is 58.7 Å². The summed E-state index contributed by atoms with van der Waals surface area (Å²) in [6.07, 6.45) is -0.265. The van der Waals surface area contributed by atoms with Gasteiger partial charge in [-0.1, -0.05) is 12.1 Å². The van der Waals surface area contributed by atoms with E-state index in [9.17, 15) is 15.5 Å². The average Bonchev–Trinajstić information content (AvgIpc) is 2.78. The number of rotatable bonds is 7. The minimum absolute atomic E-state index is 0.185. The van der Waals surface area contributed by atoms with E-state index < -0.39 is 18.0 Å². The third kappa shape index (κ3) is 4.42. The standard InChI is InChI=1S/C23H27NO6/c1-27-19-6-4-15(5-7-19)8-16-9-21(22(28-2)10-17(16)13-24)23(29-3)12-18(26)11-20(14-25)30-23/h4-7,9-10,18,20,25-26H,8,11-12,14H2,1-3H3. The summed E-state index contributed by atoms with van der Waals surface area (Å²) in [4.78, 5) is 0. The van der Waals surface area contributed by atoms with Gasteiger partial charge in [0, 0.05) is 20.0 Å². The molecule has 0 amide bonds. The Balaban J connectivity index is 2.06. The number of hydrogen-bond acceptors (Lipinski definition) is 7. The monoisotopic (exact) mass is 413 g/mol. The van der Waals surface area contributed by atoms with Crippen LogP contribution < -0.4 is 9.47 Å². The number of ether oxygens (including phenoxy) is 4. The Kier molecular flexibility index (Phi) is 6.95. The minimum atomic E-state index is -1.29. The molecule has 3 unspecified atom stereocenters. The maximum atomic E-state index is 10.4. The maximum absolute atomic E-state index is 10.4. The Bertz CT molecular complexity index is 907. The largest absolute Gasteiger partial charge is 0.497 e. The van der Waals surface area contributed by atoms with Crippen molar-refractivity contribution >= 4 is 0 Å². The van der Waals surface area contributed by atoms with Gasteiger partial charge in [-0.3, -0.25) is 0 Å². The van der Waals surface area contributed by atoms with Crippen molar-refractivity contribution in [1.29, 1.82) is 5.26 Å². The summed E-state index contributed by atoms with van der Waals surface area (Å²) in [7, 11) is 4.61. The molecule has 0 spiro atoms. The molecular weight excluding hydrogens is 386 g/mol. The summed E-state index contributed by atoms with van der Waals surface area (Å²) in [5.74, 6) is -0.107. The van der Waals surface area contributed by atoms with E-state index in [1.165, 1.54) is 14.2 Å². The Hall–Kier alpha value is -2.63. The predicted molar refractivity (Wildman–Crippen MR) is 109 cm³/mol. The van der Waals surface area contributed by atoms with Crippen LogP contribution in [-0.2, 0) is 21.7 Å². The number of hydrogen-bond donors (Lipinski definition) is 2. The third-order valence-electron chi connectivity index (χ3n) is 5.44. The highest BCUT2D eigenvalue weighted by atomic mass is 16.7. The number of benzene rings is 2. The summed E-state index contributed by atoms with van der Waals surface area (Å²) in [5, 5.41) is 29.7. The summed E-state index contributed by atoms with van der Waals surface area (Å²) in [6.45, 7) is -0.237. The zero-order valence-corrected chi connectivity index (χ0v) is 17.4. The first-order valence-corrected chi connectivity index (χ1v) is 9.74. The highest BCUT2D eigenvalue weighted by molar-refractivity contribution is 5.51. The molecule has 3 atom stereocenters. The molecule has 7 nitrogen and oxygen atoms in total. The van der Waals surface area contributed by atoms with Crippen molar-refractivity contribution in [3.63, 3.8) is 0 Å². The molecule has 0 radical (unpaired) electrons. The van der Waals surface area contributed by atoms with Gasteiger partial charge < -0.3 is 29.2 Å². The van der Waals surface area contributed by atoms with Crippen LogP contribution in [0.15, 0.2) is 36.4 Å². The van der Waals surface area contributed by atoms with E-state index in [2.05, 4.69) is 6.07 Å². The molecule has 2 aromatic carbocycles. The SMILES string of the molecule is COc1ccc(Cc2cc(C3(OC)CC(O)CC(CO)O3)c(OC)cc2C#N)cc1. The van der Waals surface area contributed by atoms with Crippen LogP contribution in [0.25, 0.3) is 0 Å². The van der Waals surface area contributed by atoms with Crippen LogP contribution in [0.1, 0.15) is 35.1 Å². The molecule has 1 aliphatic heterocycles. The molecule has 0 aliphatic carbocycles. The van der Waals surface area contributed by atoms with Crippen LogP contribution in [0.5, 0.6) is 11.5 Å². The van der Waals surface area contributed by atoms with Gasteiger partial charge in [-0.05, 0) is 41.8 Å². The van der Waals surface area contributed by atoms with Crippen LogP contribution >= 0.6 is 0 Å². The lowest BCUT2D eigenvalue weighted by Crippen LogP contribution is -2.46. The van der Waals surface area contributed by atoms with Crippen LogP contribution in [0, 0.1) is 11.3 Å². The van der Waals surface area contributed by atoms with Crippen LogP contribution in [0.4, 0.5) is 0 Å². The molecule has 30 heavy (non-hydrogen) atoms. The van der Waals surface area contributed by atoms with Gasteiger partial charge in [-0.25, -0.2) is 0 Å². The fraction of sp³-hybridized carbons (Fsp3) is 0.435. The van der Waals surface area contributed by atoms with E-state index in [1.807, 2.05) is 30.3 Å². The summed E-state index contributed by atoms with van der Waals surface area (Å²) in [6, 6.07) is 13.3. The number of methoxy groups -OCH3 is 3. The van der Waals surface area contributed by atoms with Gasteiger partial charge in [0.2, 0.25) is 5.79 Å². The Morgan fingerprint density at radius 3 is 2.47 bits per heavy atom. The molecule has 3 rings (SSSR count). The zero-order valence-electron chi connectivity index (χ0n) is 17.4. The fourth-order valence-corrected chi connectivity index (χ4v) is 3.89. The molecule has 160 valence electrons. The predicted octanol–water partition coefficient (Wildman–Crippen LogP) is 2.50. The summed E-state index contributed by atoms with van der Waals surface area (Å²) >= 11 is 0. The van der Waals surface area contributed by atoms with E-state index >= 15 is 0 Å². The molecule has 1 fully saturated rings. The highest BCUT2D eigenvalue weighted by Crippen LogP contribution is 2.43. The smallest absolute Gasteiger partial charge is 0.201 e. The molecule has 0 aromatic heterocycles. The normalized spacial score (nSPS) is 23.6. The third-order valence-corrected chi connectivity index (χ3v) is 5.44. The van der Waals surface area contributed by atoms with Crippen LogP contribution in [0.3, 0.4) is 0 Å². The molecule has 0 bridgehead atoms. The minimum Gasteiger partial charge on any atom is -0.497 e. The molecule has 1 saturated heterocycles. The average molecular weight is 413 g/mol. The van der Waals surface area contributed by atoms with E-state index in [1.54, 1.807) is 13.2 Å². The second-order valence-corrected chi connectivity index (χ2v) is 7.32. The molecule has 7 heteroatoms. The quantitative estimate of drug-likeness (QED) is 0.719. The molecule has 0 saturated carbocycles. The van der Waals surface area contributed by atoms with Crippen molar-refractivity contribution in [2.45, 2.75) is 37.3 Å². The Morgan fingerprint density at radius 2 is 1.90 bits per heavy atom. The van der Waals surface area contributed by atoms with Gasteiger partial charge >= 0.3 is 0 Å². The molecule has 2 aromatic rings. The Morgan fingerprint density at radius 1 is 1.17 bits per heavy atom. The van der Waals surface area contributed by atoms with Crippen molar-refractivity contribution in [1.82, 2.24) is 0 Å². The van der Waals surface area contributed by atoms with Crippen LogP contribution in [0.2, 0.25) is 0 Å². The molecular formula is C23H27NO6. The Labute approximate surface area is 176 Å². The van der Waals surface area contributed by atoms with Gasteiger partial charge in [0.15, 0.2) is 0 Å². The second kappa shape index (κ2) is 9.45. The van der Waals surface area contributed by atoms with Crippen molar-refractivity contribution in [2.24, 2.45) is 0 Å². The fourth-order valence-electron chi connectivity index (χ4n) is 3.89. The van der Waals surface area contributed by atoms with Crippen molar-refractivity contribution < 1.29 is 29.2 Å². The molecule has 1 aliphatic rings. The molecule has 1 heterocycles. The van der Waals surface area contributed by atoms with Gasteiger partial charge in [0.25, 0.3) is 0 Å². The lowest BCUT2D eigenvalue weighted by atomic mass is 9.88. The topological polar surface area (TPSA) is 101 Å². The number of nitriles is 1. The number of aliphatic hydroxyl groups is 2. The molecule has 2 N–H and O–H groups in total. The van der Waals surface area contributed by atoms with E-state index in [0.29, 0.717) is 29.7 Å². The van der Waals surface area contributed by atoms with Gasteiger partial charge in [-0.15, -0.1) is 0 Å². The lowest BCUT2D eigenvalue weighted by molar-refractivity contribution is -0.299. The van der Waals surface area contributed by atoms with Crippen LogP contribution in [-0.4, -0.2) is 50.4 Å². The summed E-state index contributed by atoms with van der Waals surface area (Å²) < 4.78 is 22.6. The van der Waals surface area contributed by atoms with E-state index in [4.69, 9.17) is 18.9 Å². The summed E-state index contributed by atoms with van der Waals surface area (Å²) in [5.41, 5.74) is 2.84. The van der Waals surface area contributed by atoms with Crippen molar-refractivity contribution in [3.8, 4) is 17.6 Å². The van der Waals surface area contributed by atoms with Gasteiger partial charge in [0.05, 0.1) is 50.2 Å². The first-order valence-electron chi connectivity index (χ1n) is 9.74. The van der Waals surface area contributed by atoms with Gasteiger partial charge in [-0.2, -0.15) is 5.26 Å². The van der Waals surface area contributed by atoms with E-state index in [-0.39, 0.29) is 13.0 Å². The maximum Gasteiger partial charge on any atom is 0.201 e. The zero-order chi connectivity index (χ0) is 21.7. The van der Waals surface area contributed by atoms with Gasteiger partial charge in [0.1, 0.15) is 11.5 Å². The van der Waals surface area contributed by atoms with E-state index in [0.717, 1.165) is 16.9 Å². The number of nitrogens with zero attached hydrogens (tertiary/aromatic N) is 1. The second-order valence-electron chi connectivity index (χ2n) is 7.32. The first kappa shape index (κ1) is 22.1. The highest BCUT2D eigenvalue weighted by Gasteiger charge is 2.45.